The number of primary amides is 1. The van der Waals surface area contributed by atoms with Crippen LogP contribution in [0.4, 0.5) is 5.69 Å². The second kappa shape index (κ2) is 7.38. The van der Waals surface area contributed by atoms with Crippen LogP contribution in [-0.4, -0.2) is 29.2 Å². The first kappa shape index (κ1) is 19.5. The van der Waals surface area contributed by atoms with E-state index in [4.69, 9.17) is 5.73 Å². The summed E-state index contributed by atoms with van der Waals surface area (Å²) in [6.07, 6.45) is 0.846. The Morgan fingerprint density at radius 1 is 1.07 bits per heavy atom. The average Bonchev–Trinajstić information content (AvgIpc) is 2.64. The minimum absolute atomic E-state index is 0.0221. The lowest BCUT2D eigenvalue weighted by atomic mass is 9.83. The van der Waals surface area contributed by atoms with Crippen molar-refractivity contribution in [1.82, 2.24) is 4.90 Å². The molecule has 0 saturated carbocycles. The molecule has 1 aliphatic heterocycles. The van der Waals surface area contributed by atoms with Gasteiger partial charge < -0.3 is 10.6 Å². The molecule has 0 spiro atoms. The molecule has 144 valence electrons. The SMILES string of the molecule is CC(=O)c1ccc(/N=N/C(C(N)=O)=C2/c3ccccc3CC(C)(C)N2C)cc1. The number of benzene rings is 2. The van der Waals surface area contributed by atoms with Crippen LogP contribution in [0.2, 0.25) is 0 Å². The van der Waals surface area contributed by atoms with Gasteiger partial charge >= 0.3 is 0 Å². The Labute approximate surface area is 164 Å². The van der Waals surface area contributed by atoms with Gasteiger partial charge in [-0.3, -0.25) is 9.59 Å². The summed E-state index contributed by atoms with van der Waals surface area (Å²) in [5.74, 6) is -0.662. The Kier molecular flexibility index (Phi) is 5.14. The summed E-state index contributed by atoms with van der Waals surface area (Å²) in [6.45, 7) is 5.72. The molecule has 6 nitrogen and oxygen atoms in total. The Bertz CT molecular complexity index is 988. The predicted molar refractivity (Wildman–Crippen MR) is 109 cm³/mol. The van der Waals surface area contributed by atoms with Gasteiger partial charge in [-0.05, 0) is 57.0 Å². The molecule has 6 heteroatoms. The van der Waals surface area contributed by atoms with Crippen LogP contribution in [-0.2, 0) is 11.2 Å². The standard InChI is InChI=1S/C22H24N4O2/c1-14(27)15-9-11-17(12-10-15)24-25-19(21(23)28)20-18-8-6-5-7-16(18)13-22(2,3)26(20)4/h5-12H,13H2,1-4H3,(H2,23,28)/b20-19-,25-24+. The molecule has 0 bridgehead atoms. The van der Waals surface area contributed by atoms with E-state index in [-0.39, 0.29) is 17.0 Å². The van der Waals surface area contributed by atoms with Crippen LogP contribution in [0.25, 0.3) is 5.70 Å². The molecule has 3 rings (SSSR count). The Hall–Kier alpha value is -3.28. The van der Waals surface area contributed by atoms with E-state index in [1.165, 1.54) is 6.92 Å². The number of hydrogen-bond donors (Lipinski definition) is 1. The fraction of sp³-hybridized carbons (Fsp3) is 0.273. The van der Waals surface area contributed by atoms with Gasteiger partial charge in [0.25, 0.3) is 5.91 Å². The van der Waals surface area contributed by atoms with Gasteiger partial charge in [0.15, 0.2) is 11.5 Å². The van der Waals surface area contributed by atoms with Crippen molar-refractivity contribution in [3.63, 3.8) is 0 Å². The fourth-order valence-corrected chi connectivity index (χ4v) is 3.34. The van der Waals surface area contributed by atoms with Crippen LogP contribution in [0.3, 0.4) is 0 Å². The molecule has 0 aliphatic carbocycles. The molecule has 0 unspecified atom stereocenters. The maximum atomic E-state index is 12.3. The molecule has 1 amide bonds. The monoisotopic (exact) mass is 376 g/mol. The van der Waals surface area contributed by atoms with Gasteiger partial charge in [0, 0.05) is 23.7 Å². The van der Waals surface area contributed by atoms with Gasteiger partial charge in [-0.25, -0.2) is 0 Å². The minimum atomic E-state index is -0.640. The Morgan fingerprint density at radius 2 is 1.71 bits per heavy atom. The minimum Gasteiger partial charge on any atom is -0.367 e. The van der Waals surface area contributed by atoms with E-state index in [9.17, 15) is 9.59 Å². The van der Waals surface area contributed by atoms with Gasteiger partial charge in [0.2, 0.25) is 0 Å². The van der Waals surface area contributed by atoms with E-state index in [0.717, 1.165) is 17.5 Å². The number of amides is 1. The van der Waals surface area contributed by atoms with E-state index in [0.29, 0.717) is 16.9 Å². The summed E-state index contributed by atoms with van der Waals surface area (Å²) in [5, 5.41) is 8.40. The molecule has 1 aliphatic rings. The van der Waals surface area contributed by atoms with E-state index in [2.05, 4.69) is 30.1 Å². The summed E-state index contributed by atoms with van der Waals surface area (Å²) in [4.78, 5) is 25.7. The number of hydrogen-bond acceptors (Lipinski definition) is 5. The van der Waals surface area contributed by atoms with Gasteiger partial charge in [0.1, 0.15) is 0 Å². The molecule has 0 aromatic heterocycles. The first-order chi connectivity index (χ1) is 13.2. The summed E-state index contributed by atoms with van der Waals surface area (Å²) >= 11 is 0. The zero-order valence-corrected chi connectivity index (χ0v) is 16.6. The number of likely N-dealkylation sites (N-methyl/N-ethyl adjacent to an activating group) is 1. The van der Waals surface area contributed by atoms with Crippen molar-refractivity contribution >= 4 is 23.1 Å². The second-order valence-corrected chi connectivity index (χ2v) is 7.57. The lowest BCUT2D eigenvalue weighted by Gasteiger charge is -2.44. The molecule has 0 radical (unpaired) electrons. The Balaban J connectivity index is 2.10. The van der Waals surface area contributed by atoms with Crippen LogP contribution >= 0.6 is 0 Å². The van der Waals surface area contributed by atoms with Crippen LogP contribution in [0.1, 0.15) is 42.3 Å². The van der Waals surface area contributed by atoms with Crippen LogP contribution in [0.15, 0.2) is 64.5 Å². The number of rotatable bonds is 4. The molecule has 2 N–H and O–H groups in total. The van der Waals surface area contributed by atoms with Crippen molar-refractivity contribution < 1.29 is 9.59 Å². The van der Waals surface area contributed by atoms with Crippen molar-refractivity contribution in [2.24, 2.45) is 16.0 Å². The number of ketones is 1. The number of azo groups is 1. The van der Waals surface area contributed by atoms with Crippen molar-refractivity contribution in [3.05, 3.63) is 70.9 Å². The number of carbonyl (C=O) groups is 2. The topological polar surface area (TPSA) is 88.1 Å². The van der Waals surface area contributed by atoms with Gasteiger partial charge in [-0.1, -0.05) is 24.3 Å². The highest BCUT2D eigenvalue weighted by Crippen LogP contribution is 2.38. The van der Waals surface area contributed by atoms with Crippen molar-refractivity contribution in [2.45, 2.75) is 32.7 Å². The normalized spacial score (nSPS) is 17.4. The average molecular weight is 376 g/mol. The van der Waals surface area contributed by atoms with Crippen molar-refractivity contribution in [3.8, 4) is 0 Å². The molecule has 0 fully saturated rings. The summed E-state index contributed by atoms with van der Waals surface area (Å²) < 4.78 is 0. The van der Waals surface area contributed by atoms with Crippen LogP contribution < -0.4 is 5.73 Å². The number of carbonyl (C=O) groups excluding carboxylic acids is 2. The first-order valence-electron chi connectivity index (χ1n) is 9.09. The molecule has 28 heavy (non-hydrogen) atoms. The zero-order valence-electron chi connectivity index (χ0n) is 16.6. The fourth-order valence-electron chi connectivity index (χ4n) is 3.34. The molecule has 2 aromatic carbocycles. The third-order valence-electron chi connectivity index (χ3n) is 5.14. The van der Waals surface area contributed by atoms with Gasteiger partial charge in [-0.2, -0.15) is 5.11 Å². The quantitative estimate of drug-likeness (QED) is 0.495. The largest absolute Gasteiger partial charge is 0.367 e. The molecular weight excluding hydrogens is 352 g/mol. The van der Waals surface area contributed by atoms with Gasteiger partial charge in [-0.15, -0.1) is 5.11 Å². The van der Waals surface area contributed by atoms with E-state index in [1.807, 2.05) is 30.1 Å². The summed E-state index contributed by atoms with van der Waals surface area (Å²) in [6, 6.07) is 14.7. The van der Waals surface area contributed by atoms with Crippen LogP contribution in [0.5, 0.6) is 0 Å². The van der Waals surface area contributed by atoms with E-state index in [1.54, 1.807) is 24.3 Å². The highest BCUT2D eigenvalue weighted by Gasteiger charge is 2.35. The van der Waals surface area contributed by atoms with Crippen molar-refractivity contribution in [2.75, 3.05) is 7.05 Å². The maximum Gasteiger partial charge on any atom is 0.271 e. The first-order valence-corrected chi connectivity index (χ1v) is 9.09. The summed E-state index contributed by atoms with van der Waals surface area (Å²) in [7, 11) is 1.94. The molecule has 0 atom stereocenters. The third kappa shape index (κ3) is 3.71. The van der Waals surface area contributed by atoms with Gasteiger partial charge in [0.05, 0.1) is 11.4 Å². The lowest BCUT2D eigenvalue weighted by molar-refractivity contribution is -0.114. The van der Waals surface area contributed by atoms with Crippen molar-refractivity contribution in [1.29, 1.82) is 0 Å². The number of nitrogens with zero attached hydrogens (tertiary/aromatic N) is 3. The predicted octanol–water partition coefficient (Wildman–Crippen LogP) is 4.09. The van der Waals surface area contributed by atoms with E-state index < -0.39 is 5.91 Å². The maximum absolute atomic E-state index is 12.3. The zero-order chi connectivity index (χ0) is 20.5. The second-order valence-electron chi connectivity index (χ2n) is 7.57. The summed E-state index contributed by atoms with van der Waals surface area (Å²) in [5.41, 5.74) is 9.46. The smallest absolute Gasteiger partial charge is 0.271 e. The lowest BCUT2D eigenvalue weighted by Crippen LogP contribution is -2.46. The third-order valence-corrected chi connectivity index (χ3v) is 5.14. The van der Waals surface area contributed by atoms with E-state index >= 15 is 0 Å². The number of fused-ring (bicyclic) bond motifs is 1. The number of nitrogens with two attached hydrogens (primary N) is 1. The number of Topliss-reactive ketones (excluding diaryl/α,β-unsaturated/α-hetero) is 1. The highest BCUT2D eigenvalue weighted by atomic mass is 16.1. The molecule has 2 aromatic rings. The molecular formula is C22H24N4O2. The van der Waals surface area contributed by atoms with Crippen LogP contribution in [0, 0.1) is 0 Å². The highest BCUT2D eigenvalue weighted by molar-refractivity contribution is 6.00. The molecule has 0 saturated heterocycles. The molecule has 1 heterocycles. The Morgan fingerprint density at radius 3 is 2.32 bits per heavy atom.